The Kier molecular flexibility index (Phi) is 9.34. The van der Waals surface area contributed by atoms with Gasteiger partial charge in [0.15, 0.2) is 5.11 Å². The average molecular weight is 550 g/mol. The molecule has 0 aliphatic rings. The molecule has 182 valence electrons. The van der Waals surface area contributed by atoms with Crippen LogP contribution < -0.4 is 21.3 Å². The Bertz CT molecular complexity index is 1120. The molecule has 10 heteroatoms. The van der Waals surface area contributed by atoms with E-state index in [0.29, 0.717) is 11.4 Å². The monoisotopic (exact) mass is 548 g/mol. The van der Waals surface area contributed by atoms with Crippen molar-refractivity contribution in [2.45, 2.75) is 22.8 Å². The van der Waals surface area contributed by atoms with Crippen molar-refractivity contribution in [3.8, 4) is 0 Å². The van der Waals surface area contributed by atoms with Crippen molar-refractivity contribution in [3.05, 3.63) is 96.1 Å². The summed E-state index contributed by atoms with van der Waals surface area (Å²) in [4.78, 5) is 24.6. The zero-order valence-corrected chi connectivity index (χ0v) is 21.7. The molecule has 3 aromatic rings. The maximum atomic E-state index is 13.4. The van der Waals surface area contributed by atoms with Gasteiger partial charge in [0.25, 0.3) is 0 Å². The van der Waals surface area contributed by atoms with Gasteiger partial charge < -0.3 is 21.3 Å². The van der Waals surface area contributed by atoms with E-state index in [1.807, 2.05) is 60.7 Å². The highest BCUT2D eigenvalue weighted by Gasteiger charge is 2.36. The van der Waals surface area contributed by atoms with E-state index in [1.54, 1.807) is 24.3 Å². The van der Waals surface area contributed by atoms with Gasteiger partial charge in [-0.25, -0.2) is 0 Å². The summed E-state index contributed by atoms with van der Waals surface area (Å²) >= 11 is 23.9. The first-order chi connectivity index (χ1) is 16.6. The Morgan fingerprint density at radius 2 is 1.20 bits per heavy atom. The van der Waals surface area contributed by atoms with Crippen LogP contribution in [0.1, 0.15) is 24.0 Å². The van der Waals surface area contributed by atoms with Crippen molar-refractivity contribution in [2.75, 3.05) is 10.6 Å². The van der Waals surface area contributed by atoms with Gasteiger partial charge in [0.2, 0.25) is 15.6 Å². The highest BCUT2D eigenvalue weighted by Crippen LogP contribution is 2.31. The van der Waals surface area contributed by atoms with Crippen LogP contribution in [0, 0.1) is 0 Å². The van der Waals surface area contributed by atoms with Crippen molar-refractivity contribution in [1.29, 1.82) is 0 Å². The largest absolute Gasteiger partial charge is 0.339 e. The number of carbonyl (C=O) groups is 2. The molecule has 0 saturated carbocycles. The lowest BCUT2D eigenvalue weighted by atomic mass is 9.90. The first-order valence-electron chi connectivity index (χ1n) is 10.6. The van der Waals surface area contributed by atoms with Gasteiger partial charge in [-0.05, 0) is 47.6 Å². The highest BCUT2D eigenvalue weighted by molar-refractivity contribution is 7.80. The van der Waals surface area contributed by atoms with Gasteiger partial charge >= 0.3 is 0 Å². The number of nitrogens with one attached hydrogen (secondary N) is 4. The van der Waals surface area contributed by atoms with Gasteiger partial charge in [0.05, 0.1) is 5.92 Å². The quantitative estimate of drug-likeness (QED) is 0.176. The Balaban J connectivity index is 1.74. The minimum atomic E-state index is -1.91. The van der Waals surface area contributed by atoms with Crippen LogP contribution in [-0.4, -0.2) is 26.9 Å². The topological polar surface area (TPSA) is 82.3 Å². The van der Waals surface area contributed by atoms with Crippen LogP contribution in [0.15, 0.2) is 84.9 Å². The molecule has 1 atom stereocenters. The molecule has 0 saturated heterocycles. The van der Waals surface area contributed by atoms with Gasteiger partial charge in [0.1, 0.15) is 6.17 Å². The van der Waals surface area contributed by atoms with Gasteiger partial charge in [-0.15, -0.1) is 0 Å². The van der Waals surface area contributed by atoms with E-state index in [1.165, 1.54) is 6.92 Å². The molecule has 0 spiro atoms. The van der Waals surface area contributed by atoms with Crippen LogP contribution in [0.2, 0.25) is 0 Å². The molecule has 0 bridgehead atoms. The maximum absolute atomic E-state index is 13.4. The second kappa shape index (κ2) is 12.2. The van der Waals surface area contributed by atoms with Crippen LogP contribution in [0.3, 0.4) is 0 Å². The molecular weight excluding hydrogens is 527 g/mol. The number of alkyl halides is 3. The number of carbonyl (C=O) groups excluding carboxylic acids is 2. The molecule has 2 amide bonds. The lowest BCUT2D eigenvalue weighted by molar-refractivity contribution is -0.122. The third-order valence-electron chi connectivity index (χ3n) is 4.88. The molecule has 0 aromatic heterocycles. The summed E-state index contributed by atoms with van der Waals surface area (Å²) in [6, 6.07) is 25.5. The summed E-state index contributed by atoms with van der Waals surface area (Å²) in [5.41, 5.74) is 2.86. The van der Waals surface area contributed by atoms with Crippen LogP contribution >= 0.6 is 47.0 Å². The molecule has 35 heavy (non-hydrogen) atoms. The predicted octanol–water partition coefficient (Wildman–Crippen LogP) is 5.58. The molecule has 0 fully saturated rings. The summed E-state index contributed by atoms with van der Waals surface area (Å²) in [6.07, 6.45) is -1.13. The smallest absolute Gasteiger partial charge is 0.233 e. The fourth-order valence-electron chi connectivity index (χ4n) is 3.35. The van der Waals surface area contributed by atoms with Crippen LogP contribution in [0.5, 0.6) is 0 Å². The van der Waals surface area contributed by atoms with E-state index in [-0.39, 0.29) is 16.9 Å². The Labute approximate surface area is 224 Å². The summed E-state index contributed by atoms with van der Waals surface area (Å²) in [6.45, 7) is 1.43. The number of thiocarbonyl (C=S) groups is 1. The Hall–Kier alpha value is -2.84. The van der Waals surface area contributed by atoms with Crippen LogP contribution in [-0.2, 0) is 9.59 Å². The molecule has 0 radical (unpaired) electrons. The summed E-state index contributed by atoms with van der Waals surface area (Å²) in [5, 5.41) is 11.4. The van der Waals surface area contributed by atoms with Crippen molar-refractivity contribution in [1.82, 2.24) is 10.6 Å². The minimum Gasteiger partial charge on any atom is -0.339 e. The summed E-state index contributed by atoms with van der Waals surface area (Å²) < 4.78 is -1.91. The van der Waals surface area contributed by atoms with Gasteiger partial charge in [0, 0.05) is 18.3 Å². The number of rotatable bonds is 7. The number of hydrogen-bond acceptors (Lipinski definition) is 3. The van der Waals surface area contributed by atoms with Gasteiger partial charge in [-0.2, -0.15) is 0 Å². The number of hydrogen-bond donors (Lipinski definition) is 4. The zero-order valence-electron chi connectivity index (χ0n) is 18.6. The molecule has 0 heterocycles. The van der Waals surface area contributed by atoms with Crippen molar-refractivity contribution in [3.63, 3.8) is 0 Å². The zero-order chi connectivity index (χ0) is 25.4. The SMILES string of the molecule is CC(=O)Nc1ccc(NC(=S)NC(NC(=O)C(c2ccccc2)c2ccccc2)C(Cl)(Cl)Cl)cc1. The Morgan fingerprint density at radius 1 is 0.743 bits per heavy atom. The van der Waals surface area contributed by atoms with Gasteiger partial charge in [-0.1, -0.05) is 95.5 Å². The molecular formula is C25H23Cl3N4O2S. The molecule has 1 unspecified atom stereocenters. The van der Waals surface area contributed by atoms with Crippen LogP contribution in [0.25, 0.3) is 0 Å². The number of halogens is 3. The first-order valence-corrected chi connectivity index (χ1v) is 12.1. The molecule has 3 aromatic carbocycles. The number of anilines is 2. The summed E-state index contributed by atoms with van der Waals surface area (Å²) in [7, 11) is 0. The maximum Gasteiger partial charge on any atom is 0.233 e. The molecule has 4 N–H and O–H groups in total. The fourth-order valence-corrected chi connectivity index (χ4v) is 3.91. The van der Waals surface area contributed by atoms with Crippen molar-refractivity contribution >= 4 is 75.3 Å². The van der Waals surface area contributed by atoms with Crippen LogP contribution in [0.4, 0.5) is 11.4 Å². The minimum absolute atomic E-state index is 0.130. The second-order valence-electron chi connectivity index (χ2n) is 7.59. The molecule has 0 aliphatic heterocycles. The lowest BCUT2D eigenvalue weighted by Gasteiger charge is -2.29. The van der Waals surface area contributed by atoms with Crippen molar-refractivity contribution < 1.29 is 9.59 Å². The highest BCUT2D eigenvalue weighted by atomic mass is 35.6. The van der Waals surface area contributed by atoms with Gasteiger partial charge in [-0.3, -0.25) is 9.59 Å². The fraction of sp³-hybridized carbons (Fsp3) is 0.160. The normalized spacial score (nSPS) is 11.9. The molecule has 6 nitrogen and oxygen atoms in total. The predicted molar refractivity (Wildman–Crippen MR) is 147 cm³/mol. The third-order valence-corrected chi connectivity index (χ3v) is 5.76. The molecule has 3 rings (SSSR count). The first kappa shape index (κ1) is 26.8. The van der Waals surface area contributed by atoms with E-state index >= 15 is 0 Å². The third kappa shape index (κ3) is 8.11. The second-order valence-corrected chi connectivity index (χ2v) is 10.4. The summed E-state index contributed by atoms with van der Waals surface area (Å²) in [5.74, 6) is -1.17. The molecule has 0 aliphatic carbocycles. The van der Waals surface area contributed by atoms with E-state index in [0.717, 1.165) is 11.1 Å². The van der Waals surface area contributed by atoms with E-state index in [2.05, 4.69) is 21.3 Å². The van der Waals surface area contributed by atoms with Crippen molar-refractivity contribution in [2.24, 2.45) is 0 Å². The lowest BCUT2D eigenvalue weighted by Crippen LogP contribution is -2.57. The standard InChI is InChI=1S/C25H23Cl3N4O2S/c1-16(33)29-19-12-14-20(15-13-19)30-24(35)32-23(25(26,27)28)31-22(34)21(17-8-4-2-5-9-17)18-10-6-3-7-11-18/h2-15,21,23H,1H3,(H,29,33)(H,31,34)(H2,30,32,35). The Morgan fingerprint density at radius 3 is 1.63 bits per heavy atom. The van der Waals surface area contributed by atoms with E-state index < -0.39 is 15.9 Å². The number of amides is 2. The number of benzene rings is 3. The van der Waals surface area contributed by atoms with E-state index in [4.69, 9.17) is 47.0 Å². The van der Waals surface area contributed by atoms with E-state index in [9.17, 15) is 9.59 Å². The average Bonchev–Trinajstić information content (AvgIpc) is 2.80.